The second-order valence-electron chi connectivity index (χ2n) is 1.51. The van der Waals surface area contributed by atoms with E-state index in [1.54, 1.807) is 0 Å². The standard InChI is InChI=1S/C4H4ClFN4/c5-3-8-2(1-6)9-4(7)10-3/h1H2,(H2,7,8,9,10). The van der Waals surface area contributed by atoms with Gasteiger partial charge in [-0.05, 0) is 11.6 Å². The van der Waals surface area contributed by atoms with E-state index in [4.69, 9.17) is 17.3 Å². The van der Waals surface area contributed by atoms with E-state index in [0.717, 1.165) is 0 Å². The van der Waals surface area contributed by atoms with E-state index in [-0.39, 0.29) is 17.1 Å². The zero-order chi connectivity index (χ0) is 7.56. The van der Waals surface area contributed by atoms with E-state index in [1.165, 1.54) is 0 Å². The molecule has 0 saturated heterocycles. The average molecular weight is 163 g/mol. The highest BCUT2D eigenvalue weighted by molar-refractivity contribution is 6.28. The Morgan fingerprint density at radius 2 is 2.10 bits per heavy atom. The number of nitrogens with two attached hydrogens (primary N) is 1. The Hall–Kier alpha value is -0.970. The molecule has 0 aliphatic rings. The van der Waals surface area contributed by atoms with Gasteiger partial charge in [0.2, 0.25) is 11.2 Å². The average Bonchev–Trinajstić information content (AvgIpc) is 1.85. The van der Waals surface area contributed by atoms with Crippen molar-refractivity contribution in [2.45, 2.75) is 6.67 Å². The summed E-state index contributed by atoms with van der Waals surface area (Å²) in [5.41, 5.74) is 5.12. The van der Waals surface area contributed by atoms with E-state index < -0.39 is 6.67 Å². The summed E-state index contributed by atoms with van der Waals surface area (Å²) in [5, 5.41) is -0.0832. The summed E-state index contributed by atoms with van der Waals surface area (Å²) in [4.78, 5) is 10.3. The molecule has 6 heteroatoms. The highest BCUT2D eigenvalue weighted by Crippen LogP contribution is 2.03. The molecule has 0 atom stereocenters. The van der Waals surface area contributed by atoms with E-state index in [0.29, 0.717) is 0 Å². The Labute approximate surface area is 61.3 Å². The van der Waals surface area contributed by atoms with Crippen LogP contribution >= 0.6 is 11.6 Å². The number of aromatic nitrogens is 3. The molecule has 0 bridgehead atoms. The monoisotopic (exact) mass is 162 g/mol. The van der Waals surface area contributed by atoms with Crippen LogP contribution in [0, 0.1) is 0 Å². The maximum atomic E-state index is 11.8. The molecule has 10 heavy (non-hydrogen) atoms. The molecular formula is C4H4ClFN4. The van der Waals surface area contributed by atoms with Crippen molar-refractivity contribution in [1.82, 2.24) is 15.0 Å². The maximum absolute atomic E-state index is 11.8. The Morgan fingerprint density at radius 3 is 2.60 bits per heavy atom. The number of rotatable bonds is 1. The van der Waals surface area contributed by atoms with Gasteiger partial charge in [-0.15, -0.1) is 0 Å². The molecule has 0 radical (unpaired) electrons. The van der Waals surface area contributed by atoms with Gasteiger partial charge >= 0.3 is 0 Å². The van der Waals surface area contributed by atoms with E-state index in [2.05, 4.69) is 15.0 Å². The molecule has 4 nitrogen and oxygen atoms in total. The predicted molar refractivity (Wildman–Crippen MR) is 34.1 cm³/mol. The normalized spacial score (nSPS) is 9.80. The number of nitrogen functional groups attached to an aromatic ring is 1. The first-order valence-electron chi connectivity index (χ1n) is 2.44. The number of hydrogen-bond acceptors (Lipinski definition) is 4. The van der Waals surface area contributed by atoms with Crippen molar-refractivity contribution in [3.8, 4) is 0 Å². The number of nitrogens with zero attached hydrogens (tertiary/aromatic N) is 3. The minimum Gasteiger partial charge on any atom is -0.368 e. The highest BCUT2D eigenvalue weighted by Gasteiger charge is 1.99. The SMILES string of the molecule is Nc1nc(Cl)nc(CF)n1. The summed E-state index contributed by atoms with van der Waals surface area (Å²) in [5.74, 6) is -0.106. The summed E-state index contributed by atoms with van der Waals surface area (Å²) in [6.45, 7) is -0.785. The van der Waals surface area contributed by atoms with Gasteiger partial charge in [0.05, 0.1) is 0 Å². The van der Waals surface area contributed by atoms with E-state index in [9.17, 15) is 4.39 Å². The van der Waals surface area contributed by atoms with Crippen molar-refractivity contribution in [2.24, 2.45) is 0 Å². The number of alkyl halides is 1. The van der Waals surface area contributed by atoms with Crippen LogP contribution in [0.25, 0.3) is 0 Å². The summed E-state index contributed by atoms with van der Waals surface area (Å²) in [6, 6.07) is 0. The number of hydrogen-bond donors (Lipinski definition) is 1. The van der Waals surface area contributed by atoms with Gasteiger partial charge in [-0.1, -0.05) is 0 Å². The third kappa shape index (κ3) is 1.51. The van der Waals surface area contributed by atoms with Gasteiger partial charge in [0.25, 0.3) is 0 Å². The van der Waals surface area contributed by atoms with Crippen LogP contribution in [0.1, 0.15) is 5.82 Å². The lowest BCUT2D eigenvalue weighted by atomic mass is 10.7. The van der Waals surface area contributed by atoms with Gasteiger partial charge in [0.15, 0.2) is 5.82 Å². The van der Waals surface area contributed by atoms with Gasteiger partial charge < -0.3 is 5.73 Å². The minimum absolute atomic E-state index is 0.0440. The zero-order valence-electron chi connectivity index (χ0n) is 4.88. The van der Waals surface area contributed by atoms with Crippen molar-refractivity contribution in [3.63, 3.8) is 0 Å². The molecule has 0 fully saturated rings. The van der Waals surface area contributed by atoms with Crippen LogP contribution in [-0.4, -0.2) is 15.0 Å². The van der Waals surface area contributed by atoms with Crippen LogP contribution in [0.3, 0.4) is 0 Å². The lowest BCUT2D eigenvalue weighted by Gasteiger charge is -1.94. The second kappa shape index (κ2) is 2.74. The Kier molecular flexibility index (Phi) is 1.96. The third-order valence-electron chi connectivity index (χ3n) is 0.791. The van der Waals surface area contributed by atoms with E-state index >= 15 is 0 Å². The largest absolute Gasteiger partial charge is 0.368 e. The molecule has 1 aromatic heterocycles. The van der Waals surface area contributed by atoms with Crippen molar-refractivity contribution < 1.29 is 4.39 Å². The van der Waals surface area contributed by atoms with Crippen molar-refractivity contribution >= 4 is 17.5 Å². The molecular weight excluding hydrogens is 159 g/mol. The van der Waals surface area contributed by atoms with Crippen LogP contribution in [-0.2, 0) is 6.67 Å². The van der Waals surface area contributed by atoms with Crippen molar-refractivity contribution in [1.29, 1.82) is 0 Å². The Balaban J connectivity index is 3.06. The zero-order valence-corrected chi connectivity index (χ0v) is 5.64. The maximum Gasteiger partial charge on any atom is 0.227 e. The summed E-state index contributed by atoms with van der Waals surface area (Å²) in [7, 11) is 0. The topological polar surface area (TPSA) is 64.7 Å². The van der Waals surface area contributed by atoms with Gasteiger partial charge in [-0.3, -0.25) is 0 Å². The van der Waals surface area contributed by atoms with Crippen LogP contribution in [0.4, 0.5) is 10.3 Å². The quantitative estimate of drug-likeness (QED) is 0.656. The summed E-state index contributed by atoms with van der Waals surface area (Å²) in [6.07, 6.45) is 0. The highest BCUT2D eigenvalue weighted by atomic mass is 35.5. The number of halogens is 2. The molecule has 0 aromatic carbocycles. The lowest BCUT2D eigenvalue weighted by molar-refractivity contribution is 0.464. The molecule has 2 N–H and O–H groups in total. The molecule has 0 amide bonds. The molecule has 0 unspecified atom stereocenters. The summed E-state index contributed by atoms with van der Waals surface area (Å²) >= 11 is 5.32. The fourth-order valence-electron chi connectivity index (χ4n) is 0.468. The first-order chi connectivity index (χ1) is 4.72. The smallest absolute Gasteiger partial charge is 0.227 e. The van der Waals surface area contributed by atoms with Gasteiger partial charge in [0.1, 0.15) is 6.67 Å². The predicted octanol–water partition coefficient (Wildman–Crippen LogP) is 0.577. The first-order valence-corrected chi connectivity index (χ1v) is 2.82. The molecule has 54 valence electrons. The molecule has 0 aliphatic carbocycles. The van der Waals surface area contributed by atoms with Crippen LogP contribution in [0.2, 0.25) is 5.28 Å². The van der Waals surface area contributed by atoms with Crippen molar-refractivity contribution in [3.05, 3.63) is 11.1 Å². The van der Waals surface area contributed by atoms with Gasteiger partial charge in [-0.2, -0.15) is 15.0 Å². The molecule has 1 heterocycles. The third-order valence-corrected chi connectivity index (χ3v) is 0.960. The van der Waals surface area contributed by atoms with E-state index in [1.807, 2.05) is 0 Å². The van der Waals surface area contributed by atoms with Crippen molar-refractivity contribution in [2.75, 3.05) is 5.73 Å². The number of anilines is 1. The van der Waals surface area contributed by atoms with Gasteiger partial charge in [-0.25, -0.2) is 4.39 Å². The van der Waals surface area contributed by atoms with Crippen LogP contribution < -0.4 is 5.73 Å². The molecule has 1 rings (SSSR count). The fourth-order valence-corrected chi connectivity index (χ4v) is 0.652. The Morgan fingerprint density at radius 1 is 1.40 bits per heavy atom. The Bertz CT molecular complexity index is 220. The molecule has 0 spiro atoms. The van der Waals surface area contributed by atoms with Gasteiger partial charge in [0, 0.05) is 0 Å². The van der Waals surface area contributed by atoms with Crippen LogP contribution in [0.15, 0.2) is 0 Å². The fraction of sp³-hybridized carbons (Fsp3) is 0.250. The molecule has 0 aliphatic heterocycles. The molecule has 0 saturated carbocycles. The van der Waals surface area contributed by atoms with Crippen LogP contribution in [0.5, 0.6) is 0 Å². The first kappa shape index (κ1) is 7.14. The lowest BCUT2D eigenvalue weighted by Crippen LogP contribution is -2.01. The molecule has 1 aromatic rings. The summed E-state index contributed by atoms with van der Waals surface area (Å²) < 4.78 is 11.8. The minimum atomic E-state index is -0.785. The second-order valence-corrected chi connectivity index (χ2v) is 1.85.